The van der Waals surface area contributed by atoms with Gasteiger partial charge in [-0.05, 0) is 38.5 Å². The van der Waals surface area contributed by atoms with E-state index in [0.717, 1.165) is 24.8 Å². The van der Waals surface area contributed by atoms with Crippen molar-refractivity contribution in [1.82, 2.24) is 4.90 Å². The van der Waals surface area contributed by atoms with E-state index in [9.17, 15) is 9.90 Å². The van der Waals surface area contributed by atoms with E-state index in [0.29, 0.717) is 12.1 Å². The third-order valence-corrected chi connectivity index (χ3v) is 3.80. The number of unbranched alkanes of at least 4 members (excludes halogenated alkanes) is 1. The molecule has 2 rings (SSSR count). The molecule has 1 N–H and O–H groups in total. The van der Waals surface area contributed by atoms with Crippen LogP contribution in [0, 0.1) is 11.8 Å². The van der Waals surface area contributed by atoms with Gasteiger partial charge in [-0.15, -0.1) is 0 Å². The van der Waals surface area contributed by atoms with Crippen LogP contribution in [0.15, 0.2) is 36.4 Å². The summed E-state index contributed by atoms with van der Waals surface area (Å²) in [5, 5.41) is 9.69. The van der Waals surface area contributed by atoms with Gasteiger partial charge < -0.3 is 10.0 Å². The lowest BCUT2D eigenvalue weighted by Gasteiger charge is -2.24. The van der Waals surface area contributed by atoms with Gasteiger partial charge in [0.25, 0.3) is 5.91 Å². The van der Waals surface area contributed by atoms with E-state index >= 15 is 0 Å². The third kappa shape index (κ3) is 4.97. The van der Waals surface area contributed by atoms with Crippen LogP contribution in [-0.2, 0) is 0 Å². The Morgan fingerprint density at radius 2 is 2.22 bits per heavy atom. The maximum atomic E-state index is 12.8. The van der Waals surface area contributed by atoms with Crippen LogP contribution in [0.3, 0.4) is 0 Å². The molecule has 1 heterocycles. The van der Waals surface area contributed by atoms with Crippen LogP contribution >= 0.6 is 0 Å². The molecule has 1 atom stereocenters. The van der Waals surface area contributed by atoms with E-state index in [1.165, 1.54) is 0 Å². The third-order valence-electron chi connectivity index (χ3n) is 3.80. The van der Waals surface area contributed by atoms with Crippen molar-refractivity contribution in [3.63, 3.8) is 0 Å². The standard InChI is InChI=1S/C20H25NO2/c1-4-5-10-18-11-7-14-21(18)19(22)17-9-6-8-16(15-17)12-13-20(2,3)23/h6-9,11,15,18,23H,4-5,10,14H2,1-3H3. The van der Waals surface area contributed by atoms with Crippen LogP contribution in [0.1, 0.15) is 56.0 Å². The van der Waals surface area contributed by atoms with Crippen LogP contribution in [0.2, 0.25) is 0 Å². The molecule has 1 aliphatic heterocycles. The van der Waals surface area contributed by atoms with E-state index in [1.54, 1.807) is 19.9 Å². The van der Waals surface area contributed by atoms with Gasteiger partial charge in [0.05, 0.1) is 6.04 Å². The number of aliphatic hydroxyl groups is 1. The highest BCUT2D eigenvalue weighted by molar-refractivity contribution is 5.95. The predicted octanol–water partition coefficient (Wildman–Crippen LogP) is 3.38. The summed E-state index contributed by atoms with van der Waals surface area (Å²) in [6.45, 7) is 6.12. The molecule has 1 amide bonds. The molecule has 0 spiro atoms. The maximum Gasteiger partial charge on any atom is 0.254 e. The van der Waals surface area contributed by atoms with Crippen LogP contribution in [-0.4, -0.2) is 34.1 Å². The molecule has 0 aromatic heterocycles. The molecule has 122 valence electrons. The highest BCUT2D eigenvalue weighted by Gasteiger charge is 2.25. The van der Waals surface area contributed by atoms with Gasteiger partial charge in [-0.2, -0.15) is 0 Å². The van der Waals surface area contributed by atoms with Gasteiger partial charge in [0.2, 0.25) is 0 Å². The SMILES string of the molecule is CCCCC1C=CCN1C(=O)c1cccc(C#CC(C)(C)O)c1. The number of carbonyl (C=O) groups is 1. The highest BCUT2D eigenvalue weighted by Crippen LogP contribution is 2.19. The normalized spacial score (nSPS) is 17.0. The summed E-state index contributed by atoms with van der Waals surface area (Å²) < 4.78 is 0. The van der Waals surface area contributed by atoms with Crippen molar-refractivity contribution < 1.29 is 9.90 Å². The molecule has 0 radical (unpaired) electrons. The fourth-order valence-electron chi connectivity index (χ4n) is 2.59. The van der Waals surface area contributed by atoms with Crippen LogP contribution < -0.4 is 0 Å². The highest BCUT2D eigenvalue weighted by atomic mass is 16.3. The summed E-state index contributed by atoms with van der Waals surface area (Å²) in [5.41, 5.74) is 0.359. The Kier molecular flexibility index (Phi) is 5.63. The number of hydrogen-bond acceptors (Lipinski definition) is 2. The van der Waals surface area contributed by atoms with Crippen LogP contribution in [0.4, 0.5) is 0 Å². The molecule has 0 fully saturated rings. The van der Waals surface area contributed by atoms with Gasteiger partial charge in [0.1, 0.15) is 5.60 Å². The Hall–Kier alpha value is -2.05. The summed E-state index contributed by atoms with van der Waals surface area (Å²) in [4.78, 5) is 14.7. The second-order valence-electron chi connectivity index (χ2n) is 6.49. The smallest absolute Gasteiger partial charge is 0.254 e. The average molecular weight is 311 g/mol. The minimum absolute atomic E-state index is 0.0445. The van der Waals surface area contributed by atoms with Crippen LogP contribution in [0.5, 0.6) is 0 Å². The van der Waals surface area contributed by atoms with Gasteiger partial charge >= 0.3 is 0 Å². The second-order valence-corrected chi connectivity index (χ2v) is 6.49. The van der Waals surface area contributed by atoms with Crippen molar-refractivity contribution in [3.05, 3.63) is 47.5 Å². The summed E-state index contributed by atoms with van der Waals surface area (Å²) in [5.74, 6) is 5.75. The van der Waals surface area contributed by atoms with E-state index < -0.39 is 5.60 Å². The van der Waals surface area contributed by atoms with E-state index in [1.807, 2.05) is 23.1 Å². The summed E-state index contributed by atoms with van der Waals surface area (Å²) >= 11 is 0. The zero-order valence-corrected chi connectivity index (χ0v) is 14.2. The number of nitrogens with zero attached hydrogens (tertiary/aromatic N) is 1. The molecule has 1 aliphatic rings. The quantitative estimate of drug-likeness (QED) is 0.684. The second kappa shape index (κ2) is 7.48. The lowest BCUT2D eigenvalue weighted by Crippen LogP contribution is -2.36. The molecule has 0 bridgehead atoms. The maximum absolute atomic E-state index is 12.8. The molecular weight excluding hydrogens is 286 g/mol. The van der Waals surface area contributed by atoms with Gasteiger partial charge in [-0.1, -0.05) is 49.8 Å². The first-order chi connectivity index (χ1) is 10.9. The van der Waals surface area contributed by atoms with Crippen molar-refractivity contribution >= 4 is 5.91 Å². The molecule has 3 heteroatoms. The van der Waals surface area contributed by atoms with Crippen molar-refractivity contribution in [1.29, 1.82) is 0 Å². The van der Waals surface area contributed by atoms with E-state index in [4.69, 9.17) is 0 Å². The van der Waals surface area contributed by atoms with Gasteiger partial charge in [-0.3, -0.25) is 4.79 Å². The fraction of sp³-hybridized carbons (Fsp3) is 0.450. The molecule has 1 unspecified atom stereocenters. The topological polar surface area (TPSA) is 40.5 Å². The first-order valence-corrected chi connectivity index (χ1v) is 8.24. The van der Waals surface area contributed by atoms with Gasteiger partial charge in [-0.25, -0.2) is 0 Å². The number of hydrogen-bond donors (Lipinski definition) is 1. The zero-order chi connectivity index (χ0) is 16.9. The fourth-order valence-corrected chi connectivity index (χ4v) is 2.59. The zero-order valence-electron chi connectivity index (χ0n) is 14.2. The van der Waals surface area contributed by atoms with Crippen LogP contribution in [0.25, 0.3) is 0 Å². The lowest BCUT2D eigenvalue weighted by molar-refractivity contribution is 0.0743. The summed E-state index contributed by atoms with van der Waals surface area (Å²) in [6.07, 6.45) is 7.46. The largest absolute Gasteiger partial charge is 0.378 e. The summed E-state index contributed by atoms with van der Waals surface area (Å²) in [7, 11) is 0. The lowest BCUT2D eigenvalue weighted by atomic mass is 10.1. The first kappa shape index (κ1) is 17.3. The van der Waals surface area contributed by atoms with E-state index in [-0.39, 0.29) is 11.9 Å². The Morgan fingerprint density at radius 3 is 2.91 bits per heavy atom. The van der Waals surface area contributed by atoms with Crippen molar-refractivity contribution in [2.24, 2.45) is 0 Å². The molecule has 1 aromatic rings. The molecular formula is C20H25NO2. The molecule has 23 heavy (non-hydrogen) atoms. The minimum atomic E-state index is -1.04. The Balaban J connectivity index is 2.15. The molecule has 0 aliphatic carbocycles. The molecule has 1 aromatic carbocycles. The van der Waals surface area contributed by atoms with Crippen molar-refractivity contribution in [2.45, 2.75) is 51.7 Å². The summed E-state index contributed by atoms with van der Waals surface area (Å²) in [6, 6.07) is 7.52. The monoisotopic (exact) mass is 311 g/mol. The molecule has 0 saturated carbocycles. The van der Waals surface area contributed by atoms with Crippen molar-refractivity contribution in [2.75, 3.05) is 6.54 Å². The Bertz CT molecular complexity index is 644. The Labute approximate surface area is 139 Å². The van der Waals surface area contributed by atoms with Crippen molar-refractivity contribution in [3.8, 4) is 11.8 Å². The first-order valence-electron chi connectivity index (χ1n) is 8.24. The average Bonchev–Trinajstić information content (AvgIpc) is 2.98. The number of benzene rings is 1. The molecule has 0 saturated heterocycles. The number of carbonyl (C=O) groups excluding carboxylic acids is 1. The molecule has 3 nitrogen and oxygen atoms in total. The van der Waals surface area contributed by atoms with Gasteiger partial charge in [0.15, 0.2) is 0 Å². The van der Waals surface area contributed by atoms with E-state index in [2.05, 4.69) is 30.9 Å². The van der Waals surface area contributed by atoms with Gasteiger partial charge in [0, 0.05) is 17.7 Å². The predicted molar refractivity (Wildman–Crippen MR) is 93.1 cm³/mol. The number of rotatable bonds is 4. The minimum Gasteiger partial charge on any atom is -0.378 e. The Morgan fingerprint density at radius 1 is 1.43 bits per heavy atom. The number of amides is 1.